The highest BCUT2D eigenvalue weighted by molar-refractivity contribution is 5.74. The smallest absolute Gasteiger partial charge is 0.150 e. The fourth-order valence-corrected chi connectivity index (χ4v) is 3.58. The number of hydrogen-bond donors (Lipinski definition) is 0. The molecule has 2 aliphatic carbocycles. The Labute approximate surface area is 101 Å². The van der Waals surface area contributed by atoms with Crippen LogP contribution >= 0.6 is 0 Å². The fraction of sp³-hybridized carbons (Fsp3) is 0.467. The third-order valence-electron chi connectivity index (χ3n) is 4.64. The summed E-state index contributed by atoms with van der Waals surface area (Å²) in [4.78, 5) is 10.6. The third kappa shape index (κ3) is 1.42. The van der Waals surface area contributed by atoms with Crippen molar-refractivity contribution in [3.05, 3.63) is 35.4 Å². The predicted molar refractivity (Wildman–Crippen MR) is 64.6 cm³/mol. The summed E-state index contributed by atoms with van der Waals surface area (Å²) in [5.74, 6) is 0.583. The van der Waals surface area contributed by atoms with Crippen molar-refractivity contribution in [2.45, 2.75) is 31.6 Å². The van der Waals surface area contributed by atoms with Crippen LogP contribution in [0.4, 0.5) is 0 Å². The lowest BCUT2D eigenvalue weighted by Crippen LogP contribution is -2.50. The first-order valence-corrected chi connectivity index (χ1v) is 6.24. The summed E-state index contributed by atoms with van der Waals surface area (Å²) in [6, 6.07) is 10.2. The topological polar surface area (TPSA) is 40.9 Å². The van der Waals surface area contributed by atoms with Crippen LogP contribution < -0.4 is 0 Å². The summed E-state index contributed by atoms with van der Waals surface area (Å²) >= 11 is 0. The predicted octanol–water partition coefficient (Wildman–Crippen LogP) is 3.30. The Bertz CT molecular complexity index is 479. The molecule has 2 saturated carbocycles. The summed E-state index contributed by atoms with van der Waals surface area (Å²) in [5, 5.41) is 9.16. The number of benzene rings is 1. The molecular formula is C15H15NO. The van der Waals surface area contributed by atoms with Gasteiger partial charge in [-0.15, -0.1) is 0 Å². The van der Waals surface area contributed by atoms with Crippen LogP contribution in [0, 0.1) is 22.7 Å². The van der Waals surface area contributed by atoms with E-state index in [0.29, 0.717) is 16.9 Å². The monoisotopic (exact) mass is 225 g/mol. The molecule has 0 amide bonds. The van der Waals surface area contributed by atoms with E-state index in [9.17, 15) is 4.79 Å². The molecule has 2 heteroatoms. The first-order valence-electron chi connectivity index (χ1n) is 6.24. The Kier molecular flexibility index (Phi) is 2.29. The molecule has 0 aromatic heterocycles. The molecule has 0 aliphatic heterocycles. The SMILES string of the molecule is N#CC1CC2(CCC2)C1c1ccc(C=O)cc1. The van der Waals surface area contributed by atoms with Crippen molar-refractivity contribution in [3.8, 4) is 6.07 Å². The van der Waals surface area contributed by atoms with Crippen molar-refractivity contribution in [2.24, 2.45) is 11.3 Å². The van der Waals surface area contributed by atoms with Crippen LogP contribution in [-0.4, -0.2) is 6.29 Å². The van der Waals surface area contributed by atoms with Crippen LogP contribution in [0.25, 0.3) is 0 Å². The Balaban J connectivity index is 1.90. The van der Waals surface area contributed by atoms with E-state index in [1.165, 1.54) is 24.8 Å². The molecule has 0 N–H and O–H groups in total. The van der Waals surface area contributed by atoms with Gasteiger partial charge < -0.3 is 0 Å². The normalized spacial score (nSPS) is 28.9. The highest BCUT2D eigenvalue weighted by Crippen LogP contribution is 2.66. The van der Waals surface area contributed by atoms with Crippen LogP contribution in [-0.2, 0) is 0 Å². The van der Waals surface area contributed by atoms with Crippen molar-refractivity contribution < 1.29 is 4.79 Å². The molecule has 0 saturated heterocycles. The second-order valence-corrected chi connectivity index (χ2v) is 5.42. The molecule has 86 valence electrons. The fourth-order valence-electron chi connectivity index (χ4n) is 3.58. The number of nitrogens with zero attached hydrogens (tertiary/aromatic N) is 1. The van der Waals surface area contributed by atoms with Crippen LogP contribution in [0.2, 0.25) is 0 Å². The Morgan fingerprint density at radius 1 is 1.29 bits per heavy atom. The second-order valence-electron chi connectivity index (χ2n) is 5.42. The van der Waals surface area contributed by atoms with Gasteiger partial charge in [-0.25, -0.2) is 0 Å². The molecule has 2 unspecified atom stereocenters. The minimum atomic E-state index is 0.178. The van der Waals surface area contributed by atoms with E-state index < -0.39 is 0 Å². The van der Waals surface area contributed by atoms with Gasteiger partial charge in [-0.2, -0.15) is 5.26 Å². The quantitative estimate of drug-likeness (QED) is 0.724. The van der Waals surface area contributed by atoms with Gasteiger partial charge in [0.05, 0.1) is 12.0 Å². The Hall–Kier alpha value is -1.62. The maximum atomic E-state index is 10.6. The van der Waals surface area contributed by atoms with Gasteiger partial charge in [0, 0.05) is 11.5 Å². The van der Waals surface area contributed by atoms with E-state index in [1.807, 2.05) is 24.3 Å². The zero-order chi connectivity index (χ0) is 11.9. The number of carbonyl (C=O) groups excluding carboxylic acids is 1. The highest BCUT2D eigenvalue weighted by atomic mass is 16.1. The van der Waals surface area contributed by atoms with Crippen molar-refractivity contribution in [2.75, 3.05) is 0 Å². The van der Waals surface area contributed by atoms with Crippen molar-refractivity contribution in [1.82, 2.24) is 0 Å². The third-order valence-corrected chi connectivity index (χ3v) is 4.64. The Morgan fingerprint density at radius 3 is 2.47 bits per heavy atom. The van der Waals surface area contributed by atoms with E-state index in [4.69, 9.17) is 5.26 Å². The summed E-state index contributed by atoms with van der Waals surface area (Å²) in [5.41, 5.74) is 2.38. The van der Waals surface area contributed by atoms with Crippen molar-refractivity contribution >= 4 is 6.29 Å². The number of carbonyl (C=O) groups is 1. The van der Waals surface area contributed by atoms with E-state index in [0.717, 1.165) is 12.7 Å². The molecule has 1 spiro atoms. The molecule has 2 nitrogen and oxygen atoms in total. The van der Waals surface area contributed by atoms with Crippen LogP contribution in [0.5, 0.6) is 0 Å². The van der Waals surface area contributed by atoms with Gasteiger partial charge in [0.25, 0.3) is 0 Å². The maximum absolute atomic E-state index is 10.6. The number of aldehydes is 1. The van der Waals surface area contributed by atoms with Gasteiger partial charge in [0.15, 0.2) is 0 Å². The molecular weight excluding hydrogens is 210 g/mol. The van der Waals surface area contributed by atoms with E-state index in [1.54, 1.807) is 0 Å². The molecule has 3 rings (SSSR count). The largest absolute Gasteiger partial charge is 0.298 e. The van der Waals surface area contributed by atoms with Crippen LogP contribution in [0.3, 0.4) is 0 Å². The lowest BCUT2D eigenvalue weighted by Gasteiger charge is -2.59. The minimum Gasteiger partial charge on any atom is -0.298 e. The van der Waals surface area contributed by atoms with Gasteiger partial charge >= 0.3 is 0 Å². The summed E-state index contributed by atoms with van der Waals surface area (Å²) in [6.07, 6.45) is 5.78. The van der Waals surface area contributed by atoms with Gasteiger partial charge in [0.2, 0.25) is 0 Å². The zero-order valence-electron chi connectivity index (χ0n) is 9.73. The van der Waals surface area contributed by atoms with Crippen molar-refractivity contribution in [1.29, 1.82) is 5.26 Å². The molecule has 2 aliphatic rings. The summed E-state index contributed by atoms with van der Waals surface area (Å²) in [6.45, 7) is 0. The molecule has 2 fully saturated rings. The van der Waals surface area contributed by atoms with Crippen LogP contribution in [0.15, 0.2) is 24.3 Å². The maximum Gasteiger partial charge on any atom is 0.150 e. The van der Waals surface area contributed by atoms with Crippen molar-refractivity contribution in [3.63, 3.8) is 0 Å². The van der Waals surface area contributed by atoms with E-state index in [2.05, 4.69) is 6.07 Å². The van der Waals surface area contributed by atoms with Gasteiger partial charge in [-0.1, -0.05) is 30.7 Å². The molecule has 1 aromatic carbocycles. The molecule has 2 atom stereocenters. The van der Waals surface area contributed by atoms with Crippen LogP contribution in [0.1, 0.15) is 47.5 Å². The molecule has 0 bridgehead atoms. The zero-order valence-corrected chi connectivity index (χ0v) is 9.73. The summed E-state index contributed by atoms with van der Waals surface area (Å²) in [7, 11) is 0. The lowest BCUT2D eigenvalue weighted by molar-refractivity contribution is -0.0353. The molecule has 1 aromatic rings. The number of hydrogen-bond acceptors (Lipinski definition) is 2. The second kappa shape index (κ2) is 3.70. The number of rotatable bonds is 2. The highest BCUT2D eigenvalue weighted by Gasteiger charge is 2.57. The van der Waals surface area contributed by atoms with Gasteiger partial charge in [-0.3, -0.25) is 4.79 Å². The summed E-state index contributed by atoms with van der Waals surface area (Å²) < 4.78 is 0. The number of nitriles is 1. The lowest BCUT2D eigenvalue weighted by atomic mass is 9.44. The first kappa shape index (κ1) is 10.5. The van der Waals surface area contributed by atoms with E-state index >= 15 is 0 Å². The average molecular weight is 225 g/mol. The molecule has 0 radical (unpaired) electrons. The average Bonchev–Trinajstić information content (AvgIpc) is 2.27. The molecule has 0 heterocycles. The van der Waals surface area contributed by atoms with Gasteiger partial charge in [-0.05, 0) is 30.2 Å². The first-order chi connectivity index (χ1) is 8.29. The van der Waals surface area contributed by atoms with Gasteiger partial charge in [0.1, 0.15) is 6.29 Å². The minimum absolute atomic E-state index is 0.178. The standard InChI is InChI=1S/C15H15NO/c16-9-13-8-15(6-1-7-15)14(13)12-4-2-11(10-17)3-5-12/h2-5,10,13-14H,1,6-8H2. The Morgan fingerprint density at radius 2 is 2.00 bits per heavy atom. The molecule has 17 heavy (non-hydrogen) atoms. The van der Waals surface area contributed by atoms with E-state index in [-0.39, 0.29) is 5.92 Å².